The fraction of sp³-hybridized carbons (Fsp3) is 0.111. The number of imidazole rings is 1. The molecule has 22 heavy (non-hydrogen) atoms. The van der Waals surface area contributed by atoms with Crippen LogP contribution in [-0.2, 0) is 0 Å². The van der Waals surface area contributed by atoms with Gasteiger partial charge < -0.3 is 0 Å². The minimum Gasteiger partial charge on any atom is -0.276 e. The first kappa shape index (κ1) is 13.2. The van der Waals surface area contributed by atoms with Crippen LogP contribution in [0.5, 0.6) is 0 Å². The van der Waals surface area contributed by atoms with Crippen molar-refractivity contribution in [3.05, 3.63) is 65.2 Å². The summed E-state index contributed by atoms with van der Waals surface area (Å²) in [5.41, 5.74) is 4.14. The molecule has 0 spiro atoms. The van der Waals surface area contributed by atoms with E-state index in [-0.39, 0.29) is 0 Å². The molecule has 0 unspecified atom stereocenters. The zero-order valence-corrected chi connectivity index (χ0v) is 13.3. The number of aryl methyl sites for hydroxylation is 2. The molecule has 0 atom stereocenters. The van der Waals surface area contributed by atoms with Gasteiger partial charge >= 0.3 is 0 Å². The second-order valence-corrected chi connectivity index (χ2v) is 6.65. The van der Waals surface area contributed by atoms with Crippen LogP contribution in [0.4, 0.5) is 0 Å². The van der Waals surface area contributed by atoms with Gasteiger partial charge in [-0.05, 0) is 55.8 Å². The van der Waals surface area contributed by atoms with Gasteiger partial charge in [-0.3, -0.25) is 4.57 Å². The first-order valence-electron chi connectivity index (χ1n) is 7.20. The van der Waals surface area contributed by atoms with Gasteiger partial charge in [0.1, 0.15) is 5.52 Å². The molecule has 4 aromatic rings. The standard InChI is InChI=1S/C18H15N3S/c1-12-5-3-6-14(11-12)21-17-15(7-4-10-19-17)20-18(21)16-9-8-13(2)22-16/h3-11H,1-2H3. The van der Waals surface area contributed by atoms with Crippen LogP contribution in [-0.4, -0.2) is 14.5 Å². The van der Waals surface area contributed by atoms with Gasteiger partial charge in [-0.15, -0.1) is 11.3 Å². The Labute approximate surface area is 132 Å². The molecule has 0 radical (unpaired) electrons. The van der Waals surface area contributed by atoms with Crippen LogP contribution in [0.15, 0.2) is 54.7 Å². The minimum absolute atomic E-state index is 0.897. The summed E-state index contributed by atoms with van der Waals surface area (Å²) in [6, 6.07) is 16.7. The molecule has 108 valence electrons. The highest BCUT2D eigenvalue weighted by Gasteiger charge is 2.16. The van der Waals surface area contributed by atoms with Crippen LogP contribution < -0.4 is 0 Å². The zero-order valence-electron chi connectivity index (χ0n) is 12.4. The highest BCUT2D eigenvalue weighted by Crippen LogP contribution is 2.32. The number of hydrogen-bond acceptors (Lipinski definition) is 3. The molecule has 4 rings (SSSR count). The molecule has 0 fully saturated rings. The molecular formula is C18H15N3S. The van der Waals surface area contributed by atoms with E-state index in [1.165, 1.54) is 10.4 Å². The molecule has 0 amide bonds. The highest BCUT2D eigenvalue weighted by atomic mass is 32.1. The fourth-order valence-corrected chi connectivity index (χ4v) is 3.49. The number of rotatable bonds is 2. The van der Waals surface area contributed by atoms with Crippen LogP contribution in [0.3, 0.4) is 0 Å². The summed E-state index contributed by atoms with van der Waals surface area (Å²) in [6.07, 6.45) is 1.82. The Morgan fingerprint density at radius 3 is 2.68 bits per heavy atom. The third-order valence-electron chi connectivity index (χ3n) is 3.64. The van der Waals surface area contributed by atoms with Crippen molar-refractivity contribution < 1.29 is 0 Å². The van der Waals surface area contributed by atoms with Gasteiger partial charge in [0.15, 0.2) is 11.5 Å². The largest absolute Gasteiger partial charge is 0.276 e. The maximum atomic E-state index is 4.81. The lowest BCUT2D eigenvalue weighted by Crippen LogP contribution is -1.98. The number of aromatic nitrogens is 3. The summed E-state index contributed by atoms with van der Waals surface area (Å²) in [7, 11) is 0. The first-order chi connectivity index (χ1) is 10.7. The summed E-state index contributed by atoms with van der Waals surface area (Å²) in [4.78, 5) is 11.8. The van der Waals surface area contributed by atoms with Crippen LogP contribution in [0.1, 0.15) is 10.4 Å². The third kappa shape index (κ3) is 2.12. The van der Waals surface area contributed by atoms with E-state index in [0.717, 1.165) is 27.6 Å². The Hall–Kier alpha value is -2.46. The molecule has 3 aromatic heterocycles. The molecule has 0 saturated heterocycles. The number of benzene rings is 1. The van der Waals surface area contributed by atoms with Crippen LogP contribution in [0.2, 0.25) is 0 Å². The van der Waals surface area contributed by atoms with Crippen molar-refractivity contribution in [2.45, 2.75) is 13.8 Å². The van der Waals surface area contributed by atoms with Crippen LogP contribution >= 0.6 is 11.3 Å². The minimum atomic E-state index is 0.897. The lowest BCUT2D eigenvalue weighted by molar-refractivity contribution is 1.08. The van der Waals surface area contributed by atoms with Crippen molar-refractivity contribution in [2.24, 2.45) is 0 Å². The van der Waals surface area contributed by atoms with E-state index >= 15 is 0 Å². The van der Waals surface area contributed by atoms with Crippen LogP contribution in [0.25, 0.3) is 27.6 Å². The molecular weight excluding hydrogens is 290 g/mol. The van der Waals surface area contributed by atoms with Gasteiger partial charge in [-0.2, -0.15) is 0 Å². The Morgan fingerprint density at radius 2 is 1.91 bits per heavy atom. The molecule has 0 saturated carbocycles. The predicted octanol–water partition coefficient (Wildman–Crippen LogP) is 4.77. The van der Waals surface area contributed by atoms with Crippen molar-refractivity contribution in [1.29, 1.82) is 0 Å². The van der Waals surface area contributed by atoms with Crippen molar-refractivity contribution in [1.82, 2.24) is 14.5 Å². The third-order valence-corrected chi connectivity index (χ3v) is 4.63. The van der Waals surface area contributed by atoms with E-state index in [9.17, 15) is 0 Å². The second-order valence-electron chi connectivity index (χ2n) is 5.37. The molecule has 0 aliphatic heterocycles. The van der Waals surface area contributed by atoms with Gasteiger partial charge in [0.25, 0.3) is 0 Å². The number of thiophene rings is 1. The van der Waals surface area contributed by atoms with E-state index in [1.54, 1.807) is 11.3 Å². The normalized spacial score (nSPS) is 11.2. The topological polar surface area (TPSA) is 30.7 Å². The van der Waals surface area contributed by atoms with Gasteiger partial charge in [0.05, 0.1) is 4.88 Å². The van der Waals surface area contributed by atoms with Gasteiger partial charge in [0, 0.05) is 16.8 Å². The fourth-order valence-electron chi connectivity index (χ4n) is 2.64. The lowest BCUT2D eigenvalue weighted by Gasteiger charge is -2.08. The highest BCUT2D eigenvalue weighted by molar-refractivity contribution is 7.15. The van der Waals surface area contributed by atoms with E-state index in [4.69, 9.17) is 4.98 Å². The summed E-state index contributed by atoms with van der Waals surface area (Å²) in [5, 5.41) is 0. The Morgan fingerprint density at radius 1 is 1.00 bits per heavy atom. The molecule has 0 bridgehead atoms. The molecule has 3 nitrogen and oxygen atoms in total. The number of pyridine rings is 1. The summed E-state index contributed by atoms with van der Waals surface area (Å²) in [6.45, 7) is 4.22. The molecule has 1 aromatic carbocycles. The molecule has 0 N–H and O–H groups in total. The zero-order chi connectivity index (χ0) is 15.1. The van der Waals surface area contributed by atoms with Crippen molar-refractivity contribution in [2.75, 3.05) is 0 Å². The van der Waals surface area contributed by atoms with Gasteiger partial charge in [0.2, 0.25) is 0 Å². The van der Waals surface area contributed by atoms with Gasteiger partial charge in [-0.25, -0.2) is 9.97 Å². The molecule has 4 heteroatoms. The SMILES string of the molecule is Cc1cccc(-n2c(-c3ccc(C)s3)nc3cccnc32)c1. The van der Waals surface area contributed by atoms with Crippen LogP contribution in [0, 0.1) is 13.8 Å². The summed E-state index contributed by atoms with van der Waals surface area (Å²) < 4.78 is 2.15. The summed E-state index contributed by atoms with van der Waals surface area (Å²) >= 11 is 1.76. The molecule has 0 aliphatic carbocycles. The average Bonchev–Trinajstić information content (AvgIpc) is 3.10. The Bertz CT molecular complexity index is 965. The second kappa shape index (κ2) is 5.07. The predicted molar refractivity (Wildman–Crippen MR) is 91.7 cm³/mol. The first-order valence-corrected chi connectivity index (χ1v) is 8.01. The lowest BCUT2D eigenvalue weighted by atomic mass is 10.2. The van der Waals surface area contributed by atoms with E-state index in [0.29, 0.717) is 0 Å². The number of nitrogens with zero attached hydrogens (tertiary/aromatic N) is 3. The quantitative estimate of drug-likeness (QED) is 0.534. The monoisotopic (exact) mass is 305 g/mol. The Balaban J connectivity index is 2.06. The van der Waals surface area contributed by atoms with E-state index in [2.05, 4.69) is 59.8 Å². The number of fused-ring (bicyclic) bond motifs is 1. The van der Waals surface area contributed by atoms with E-state index < -0.39 is 0 Å². The molecule has 3 heterocycles. The number of hydrogen-bond donors (Lipinski definition) is 0. The maximum Gasteiger partial charge on any atom is 0.164 e. The van der Waals surface area contributed by atoms with E-state index in [1.807, 2.05) is 18.3 Å². The average molecular weight is 305 g/mol. The van der Waals surface area contributed by atoms with Gasteiger partial charge in [-0.1, -0.05) is 12.1 Å². The van der Waals surface area contributed by atoms with Crippen molar-refractivity contribution in [3.8, 4) is 16.4 Å². The summed E-state index contributed by atoms with van der Waals surface area (Å²) in [5.74, 6) is 0.956. The maximum absolute atomic E-state index is 4.81. The van der Waals surface area contributed by atoms with Crippen molar-refractivity contribution in [3.63, 3.8) is 0 Å². The van der Waals surface area contributed by atoms with Crippen molar-refractivity contribution >= 4 is 22.5 Å². The smallest absolute Gasteiger partial charge is 0.164 e. The Kier molecular flexibility index (Phi) is 3.05. The molecule has 0 aliphatic rings.